The zero-order valence-corrected chi connectivity index (χ0v) is 23.0. The third-order valence-corrected chi connectivity index (χ3v) is 7.91. The van der Waals surface area contributed by atoms with Crippen LogP contribution in [0.15, 0.2) is 46.7 Å². The highest BCUT2D eigenvalue weighted by atomic mass is 35.5. The summed E-state index contributed by atoms with van der Waals surface area (Å²) in [4.78, 5) is 33.3. The van der Waals surface area contributed by atoms with Crippen molar-refractivity contribution in [1.29, 1.82) is 5.26 Å². The van der Waals surface area contributed by atoms with E-state index >= 15 is 0 Å². The maximum atomic E-state index is 13.4. The lowest BCUT2D eigenvalue weighted by atomic mass is 10.0. The highest BCUT2D eigenvalue weighted by Gasteiger charge is 2.36. The molecule has 0 aliphatic heterocycles. The van der Waals surface area contributed by atoms with Crippen molar-refractivity contribution in [3.05, 3.63) is 84.8 Å². The van der Waals surface area contributed by atoms with Crippen molar-refractivity contribution in [2.24, 2.45) is 0 Å². The number of aryl methyl sites for hydroxylation is 1. The Bertz CT molecular complexity index is 1980. The normalized spacial score (nSPS) is 11.6. The minimum absolute atomic E-state index is 0.0624. The van der Waals surface area contributed by atoms with Gasteiger partial charge in [0.25, 0.3) is 5.56 Å². The summed E-state index contributed by atoms with van der Waals surface area (Å²) in [5.41, 5.74) is -1.32. The second-order valence-electron chi connectivity index (χ2n) is 8.71. The van der Waals surface area contributed by atoms with E-state index in [-0.39, 0.29) is 35.4 Å². The largest absolute Gasteiger partial charge is 0.491 e. The maximum Gasteiger partial charge on any atom is 0.417 e. The number of pyridine rings is 1. The molecule has 208 valence electrons. The van der Waals surface area contributed by atoms with Crippen LogP contribution in [-0.2, 0) is 12.7 Å². The van der Waals surface area contributed by atoms with Crippen molar-refractivity contribution in [3.8, 4) is 22.9 Å². The molecule has 14 heteroatoms. The molecule has 5 aromatic rings. The van der Waals surface area contributed by atoms with E-state index in [9.17, 15) is 33.1 Å². The van der Waals surface area contributed by atoms with E-state index in [1.807, 2.05) is 0 Å². The molecule has 0 amide bonds. The van der Waals surface area contributed by atoms with E-state index in [4.69, 9.17) is 27.9 Å². The van der Waals surface area contributed by atoms with Gasteiger partial charge in [0.1, 0.15) is 24.3 Å². The number of thiophene rings is 1. The molecule has 0 aliphatic carbocycles. The predicted octanol–water partition coefficient (Wildman–Crippen LogP) is 6.96. The second-order valence-corrected chi connectivity index (χ2v) is 10.4. The molecule has 0 fully saturated rings. The average molecular weight is 619 g/mol. The van der Waals surface area contributed by atoms with Gasteiger partial charge in [0.2, 0.25) is 0 Å². The fraction of sp³-hybridized carbons (Fsp3) is 0.148. The highest BCUT2D eigenvalue weighted by molar-refractivity contribution is 7.18. The number of rotatable bonds is 6. The first kappa shape index (κ1) is 28.4. The molecule has 0 saturated heterocycles. The van der Waals surface area contributed by atoms with Crippen LogP contribution < -0.4 is 10.3 Å². The molecule has 0 bridgehead atoms. The summed E-state index contributed by atoms with van der Waals surface area (Å²) >= 11 is 13.3. The van der Waals surface area contributed by atoms with Gasteiger partial charge in [-0.05, 0) is 37.3 Å². The molecule has 0 spiro atoms. The molecule has 0 saturated carbocycles. The van der Waals surface area contributed by atoms with Gasteiger partial charge in [0.15, 0.2) is 0 Å². The third-order valence-electron chi connectivity index (χ3n) is 6.28. The maximum absolute atomic E-state index is 13.4. The number of hydrogen-bond acceptors (Lipinski definition) is 7. The van der Waals surface area contributed by atoms with Crippen LogP contribution in [0.5, 0.6) is 5.75 Å². The van der Waals surface area contributed by atoms with Crippen molar-refractivity contribution < 1.29 is 27.8 Å². The number of aromatic carboxylic acids is 1. The molecule has 8 nitrogen and oxygen atoms in total. The number of carboxylic acid groups (broad SMARTS) is 1. The van der Waals surface area contributed by atoms with Gasteiger partial charge in [-0.15, -0.1) is 11.3 Å². The molecule has 41 heavy (non-hydrogen) atoms. The summed E-state index contributed by atoms with van der Waals surface area (Å²) in [6.07, 6.45) is -3.36. The zero-order valence-electron chi connectivity index (χ0n) is 20.7. The first-order valence-corrected chi connectivity index (χ1v) is 13.3. The fourth-order valence-electron chi connectivity index (χ4n) is 4.42. The lowest BCUT2D eigenvalue weighted by molar-refractivity contribution is -0.137. The number of carboxylic acids is 1. The zero-order chi connectivity index (χ0) is 29.6. The van der Waals surface area contributed by atoms with Gasteiger partial charge in [-0.2, -0.15) is 18.4 Å². The number of carbonyl (C=O) groups is 1. The Morgan fingerprint density at radius 3 is 2.66 bits per heavy atom. The van der Waals surface area contributed by atoms with E-state index in [2.05, 4.69) is 9.97 Å². The van der Waals surface area contributed by atoms with Gasteiger partial charge in [0.05, 0.1) is 49.4 Å². The van der Waals surface area contributed by atoms with E-state index in [0.29, 0.717) is 38.2 Å². The topological polar surface area (TPSA) is 118 Å². The Kier molecular flexibility index (Phi) is 7.37. The van der Waals surface area contributed by atoms with Crippen LogP contribution in [0.25, 0.3) is 32.2 Å². The quantitative estimate of drug-likeness (QED) is 0.218. The first-order chi connectivity index (χ1) is 19.4. The summed E-state index contributed by atoms with van der Waals surface area (Å²) in [5.74, 6) is -0.622. The molecule has 0 atom stereocenters. The van der Waals surface area contributed by atoms with Crippen molar-refractivity contribution in [2.75, 3.05) is 6.61 Å². The van der Waals surface area contributed by atoms with Crippen molar-refractivity contribution in [1.82, 2.24) is 14.5 Å². The van der Waals surface area contributed by atoms with Crippen LogP contribution in [0.3, 0.4) is 0 Å². The summed E-state index contributed by atoms with van der Waals surface area (Å²) in [5, 5.41) is 19.7. The number of nitrogens with zero attached hydrogens (tertiary/aromatic N) is 4. The minimum atomic E-state index is -4.84. The van der Waals surface area contributed by atoms with Crippen molar-refractivity contribution in [3.63, 3.8) is 0 Å². The van der Waals surface area contributed by atoms with Crippen molar-refractivity contribution in [2.45, 2.75) is 19.6 Å². The van der Waals surface area contributed by atoms with Crippen LogP contribution in [0, 0.1) is 18.3 Å². The number of aromatic nitrogens is 3. The van der Waals surface area contributed by atoms with Crippen LogP contribution in [0.1, 0.15) is 27.3 Å². The predicted molar refractivity (Wildman–Crippen MR) is 148 cm³/mol. The van der Waals surface area contributed by atoms with Gasteiger partial charge in [-0.25, -0.2) is 9.78 Å². The monoisotopic (exact) mass is 618 g/mol. The number of benzene rings is 2. The third kappa shape index (κ3) is 5.08. The minimum Gasteiger partial charge on any atom is -0.491 e. The molecule has 0 aliphatic rings. The van der Waals surface area contributed by atoms with E-state index in [0.717, 1.165) is 0 Å². The molecular formula is C27H15Cl2F3N4O4S. The van der Waals surface area contributed by atoms with E-state index in [1.54, 1.807) is 30.3 Å². The smallest absolute Gasteiger partial charge is 0.417 e. The Balaban J connectivity index is 1.51. The Morgan fingerprint density at radius 1 is 1.22 bits per heavy atom. The van der Waals surface area contributed by atoms with Gasteiger partial charge >= 0.3 is 12.1 Å². The first-order valence-electron chi connectivity index (χ1n) is 11.7. The lowest BCUT2D eigenvalue weighted by Crippen LogP contribution is -2.27. The molecule has 1 N–H and O–H groups in total. The average Bonchev–Trinajstić information content (AvgIpc) is 3.35. The van der Waals surface area contributed by atoms with E-state index < -0.39 is 33.9 Å². The Hall–Kier alpha value is -4.18. The summed E-state index contributed by atoms with van der Waals surface area (Å²) in [6, 6.07) is 8.84. The van der Waals surface area contributed by atoms with Crippen LogP contribution in [-0.4, -0.2) is 32.2 Å². The number of halogens is 5. The lowest BCUT2D eigenvalue weighted by Gasteiger charge is -2.16. The number of nitriles is 1. The molecular weight excluding hydrogens is 604 g/mol. The van der Waals surface area contributed by atoms with Crippen LogP contribution >= 0.6 is 34.5 Å². The number of ether oxygens (including phenoxy) is 1. The molecule has 2 aromatic carbocycles. The number of fused-ring (bicyclic) bond motifs is 2. The molecule has 5 rings (SSSR count). The Morgan fingerprint density at radius 2 is 1.98 bits per heavy atom. The summed E-state index contributed by atoms with van der Waals surface area (Å²) in [6.45, 7) is 1.32. The van der Waals surface area contributed by atoms with Gasteiger partial charge in [0, 0.05) is 27.7 Å². The molecule has 3 heterocycles. The van der Waals surface area contributed by atoms with Crippen LogP contribution in [0.2, 0.25) is 10.0 Å². The molecule has 3 aromatic heterocycles. The van der Waals surface area contributed by atoms with Gasteiger partial charge < -0.3 is 9.84 Å². The highest BCUT2D eigenvalue weighted by Crippen LogP contribution is 2.40. The van der Waals surface area contributed by atoms with Crippen LogP contribution in [0.4, 0.5) is 13.2 Å². The SMILES string of the molecule is Cc1nc2cc(C(F)(F)F)c(Cl)c(C#N)c2c(=O)n1CCOc1ccc(Cl)cc1-c1ccnc2c(C(=O)O)csc12. The van der Waals surface area contributed by atoms with Crippen molar-refractivity contribution >= 4 is 61.6 Å². The van der Waals surface area contributed by atoms with Gasteiger partial charge in [-0.1, -0.05) is 23.2 Å². The molecule has 0 unspecified atom stereocenters. The van der Waals surface area contributed by atoms with E-state index in [1.165, 1.54) is 34.4 Å². The number of alkyl halides is 3. The second kappa shape index (κ2) is 10.7. The Labute approximate surface area is 242 Å². The standard InChI is InChI=1S/C27H15Cl2F3N4O4S/c1-12-35-19-9-18(27(30,31)32)22(29)16(10-33)21(19)25(37)36(12)6-7-40-20-3-2-13(28)8-15(20)14-4-5-34-23-17(26(38)39)11-41-24(14)23/h2-5,8-9,11H,6-7H2,1H3,(H,38,39). The van der Waals surface area contributed by atoms with Gasteiger partial charge in [-0.3, -0.25) is 14.3 Å². The summed E-state index contributed by atoms with van der Waals surface area (Å²) < 4.78 is 48.1. The number of hydrogen-bond donors (Lipinski definition) is 1. The summed E-state index contributed by atoms with van der Waals surface area (Å²) in [7, 11) is 0. The molecule has 0 radical (unpaired) electrons. The fourth-order valence-corrected chi connectivity index (χ4v) is 5.92.